The largest absolute Gasteiger partial charge is 0.393 e. The second-order valence-electron chi connectivity index (χ2n) is 8.37. The third kappa shape index (κ3) is 7.65. The van der Waals surface area contributed by atoms with Gasteiger partial charge < -0.3 is 5.11 Å². The maximum atomic E-state index is 12.9. The molecule has 0 amide bonds. The Balaban J connectivity index is 1.71. The molecule has 0 aliphatic heterocycles. The number of Topliss-reactive ketones (excluding diaryl/α,β-unsaturated/α-hetero) is 1. The lowest BCUT2D eigenvalue weighted by atomic mass is 10.0. The predicted octanol–water partition coefficient (Wildman–Crippen LogP) is 5.25. The highest BCUT2D eigenvalue weighted by Gasteiger charge is 2.15. The van der Waals surface area contributed by atoms with E-state index in [1.807, 2.05) is 42.5 Å². The minimum atomic E-state index is -0.595. The van der Waals surface area contributed by atoms with Gasteiger partial charge in [-0.1, -0.05) is 73.8 Å². The van der Waals surface area contributed by atoms with Gasteiger partial charge >= 0.3 is 0 Å². The lowest BCUT2D eigenvalue weighted by Gasteiger charge is -2.14. The number of hydrogen-bond donors (Lipinski definition) is 1. The van der Waals surface area contributed by atoms with Crippen molar-refractivity contribution in [1.82, 2.24) is 9.55 Å². The Hall–Kier alpha value is -2.76. The molecule has 0 aliphatic carbocycles. The maximum absolute atomic E-state index is 12.9. The summed E-state index contributed by atoms with van der Waals surface area (Å²) in [6.07, 6.45) is 4.11. The fraction of sp³-hybridized carbons (Fsp3) is 0.370. The van der Waals surface area contributed by atoms with Crippen molar-refractivity contribution in [2.45, 2.75) is 64.5 Å². The molecule has 0 aliphatic rings. The molecule has 1 heterocycles. The number of aliphatic hydroxyl groups is 1. The minimum absolute atomic E-state index is 0.0216. The monoisotopic (exact) mass is 466 g/mol. The number of carbonyl (C=O) groups is 1. The van der Waals surface area contributed by atoms with Crippen molar-refractivity contribution in [3.05, 3.63) is 87.4 Å². The highest BCUT2D eigenvalue weighted by atomic mass is 35.5. The number of carbonyl (C=O) groups excluding carboxylic acids is 1. The SMILES string of the molecule is CCCCCc1nc(-c2ccc(Cl)cc2)cc(=O)n1CC(=O)CCC(O)Cc1ccccc1. The molecular formula is C27H31ClN2O3. The van der Waals surface area contributed by atoms with Crippen LogP contribution in [0.2, 0.25) is 5.02 Å². The van der Waals surface area contributed by atoms with Crippen LogP contribution in [0, 0.1) is 0 Å². The van der Waals surface area contributed by atoms with E-state index in [1.165, 1.54) is 10.6 Å². The zero-order chi connectivity index (χ0) is 23.6. The Labute approximate surface area is 200 Å². The summed E-state index contributed by atoms with van der Waals surface area (Å²) in [5.41, 5.74) is 2.20. The number of nitrogens with zero attached hydrogens (tertiary/aromatic N) is 2. The van der Waals surface area contributed by atoms with Gasteiger partial charge in [0.1, 0.15) is 5.82 Å². The van der Waals surface area contributed by atoms with Gasteiger partial charge in [0, 0.05) is 29.5 Å². The first-order chi connectivity index (χ1) is 16.0. The van der Waals surface area contributed by atoms with E-state index >= 15 is 0 Å². The summed E-state index contributed by atoms with van der Waals surface area (Å²) in [6.45, 7) is 2.10. The summed E-state index contributed by atoms with van der Waals surface area (Å²) in [6, 6.07) is 18.4. The maximum Gasteiger partial charge on any atom is 0.254 e. The zero-order valence-corrected chi connectivity index (χ0v) is 19.8. The molecule has 33 heavy (non-hydrogen) atoms. The molecule has 0 saturated carbocycles. The predicted molar refractivity (Wildman–Crippen MR) is 133 cm³/mol. The van der Waals surface area contributed by atoms with Crippen molar-refractivity contribution in [3.8, 4) is 11.3 Å². The Kier molecular flexibility index (Phi) is 9.40. The molecule has 5 nitrogen and oxygen atoms in total. The van der Waals surface area contributed by atoms with Crippen molar-refractivity contribution in [3.63, 3.8) is 0 Å². The van der Waals surface area contributed by atoms with Gasteiger partial charge in [-0.2, -0.15) is 0 Å². The minimum Gasteiger partial charge on any atom is -0.393 e. The van der Waals surface area contributed by atoms with Gasteiger partial charge in [0.05, 0.1) is 18.3 Å². The Morgan fingerprint density at radius 1 is 1.09 bits per heavy atom. The summed E-state index contributed by atoms with van der Waals surface area (Å²) in [4.78, 5) is 30.4. The Bertz CT molecular complexity index is 1090. The number of rotatable bonds is 12. The van der Waals surface area contributed by atoms with Crippen molar-refractivity contribution >= 4 is 17.4 Å². The fourth-order valence-corrected chi connectivity index (χ4v) is 3.91. The van der Waals surface area contributed by atoms with E-state index in [2.05, 4.69) is 6.92 Å². The van der Waals surface area contributed by atoms with E-state index in [4.69, 9.17) is 16.6 Å². The van der Waals surface area contributed by atoms with Crippen LogP contribution in [0.25, 0.3) is 11.3 Å². The molecule has 2 aromatic carbocycles. The number of ketones is 1. The van der Waals surface area contributed by atoms with Gasteiger partial charge in [0.2, 0.25) is 0 Å². The third-order valence-corrected chi connectivity index (χ3v) is 5.89. The first-order valence-corrected chi connectivity index (χ1v) is 11.9. The molecule has 3 rings (SSSR count). The molecular weight excluding hydrogens is 436 g/mol. The van der Waals surface area contributed by atoms with Gasteiger partial charge in [-0.05, 0) is 37.0 Å². The molecule has 1 unspecified atom stereocenters. The van der Waals surface area contributed by atoms with Crippen molar-refractivity contribution < 1.29 is 9.90 Å². The van der Waals surface area contributed by atoms with Crippen LogP contribution in [0.4, 0.5) is 0 Å². The number of hydrogen-bond acceptors (Lipinski definition) is 4. The number of halogens is 1. The molecule has 6 heteroatoms. The first-order valence-electron chi connectivity index (χ1n) is 11.6. The normalized spacial score (nSPS) is 12.0. The quantitative estimate of drug-likeness (QED) is 0.370. The molecule has 174 valence electrons. The van der Waals surface area contributed by atoms with Crippen molar-refractivity contribution in [2.75, 3.05) is 0 Å². The van der Waals surface area contributed by atoms with Crippen LogP contribution in [0.15, 0.2) is 65.5 Å². The summed E-state index contributed by atoms with van der Waals surface area (Å²) in [7, 11) is 0. The van der Waals surface area contributed by atoms with E-state index in [1.54, 1.807) is 12.1 Å². The fourth-order valence-electron chi connectivity index (χ4n) is 3.79. The summed E-state index contributed by atoms with van der Waals surface area (Å²) in [5, 5.41) is 10.9. The van der Waals surface area contributed by atoms with Gasteiger partial charge in [-0.25, -0.2) is 4.98 Å². The number of aromatic nitrogens is 2. The summed E-state index contributed by atoms with van der Waals surface area (Å²) >= 11 is 5.98. The molecule has 1 atom stereocenters. The van der Waals surface area contributed by atoms with E-state index in [0.717, 1.165) is 30.4 Å². The number of aliphatic hydroxyl groups excluding tert-OH is 1. The van der Waals surface area contributed by atoms with Crippen LogP contribution < -0.4 is 5.56 Å². The number of aryl methyl sites for hydroxylation is 1. The smallest absolute Gasteiger partial charge is 0.254 e. The number of unbranched alkanes of at least 4 members (excludes halogenated alkanes) is 2. The van der Waals surface area contributed by atoms with Crippen LogP contribution in [0.1, 0.15) is 50.4 Å². The Morgan fingerprint density at radius 3 is 2.52 bits per heavy atom. The number of benzene rings is 2. The molecule has 3 aromatic rings. The molecule has 0 saturated heterocycles. The summed E-state index contributed by atoms with van der Waals surface area (Å²) < 4.78 is 1.49. The highest BCUT2D eigenvalue weighted by molar-refractivity contribution is 6.30. The van der Waals surface area contributed by atoms with Gasteiger partial charge in [-0.15, -0.1) is 0 Å². The van der Waals surface area contributed by atoms with Gasteiger partial charge in [-0.3, -0.25) is 14.2 Å². The molecule has 1 N–H and O–H groups in total. The topological polar surface area (TPSA) is 72.2 Å². The van der Waals surface area contributed by atoms with E-state index in [-0.39, 0.29) is 24.3 Å². The van der Waals surface area contributed by atoms with Crippen LogP contribution in [-0.2, 0) is 24.2 Å². The van der Waals surface area contributed by atoms with E-state index < -0.39 is 6.10 Å². The van der Waals surface area contributed by atoms with E-state index in [0.29, 0.717) is 35.8 Å². The third-order valence-electron chi connectivity index (χ3n) is 5.64. The molecule has 0 radical (unpaired) electrons. The summed E-state index contributed by atoms with van der Waals surface area (Å²) in [5.74, 6) is 0.543. The molecule has 0 fully saturated rings. The van der Waals surface area contributed by atoms with E-state index in [9.17, 15) is 14.7 Å². The second-order valence-corrected chi connectivity index (χ2v) is 8.80. The van der Waals surface area contributed by atoms with Crippen LogP contribution >= 0.6 is 11.6 Å². The van der Waals surface area contributed by atoms with Crippen LogP contribution in [0.5, 0.6) is 0 Å². The molecule has 0 bridgehead atoms. The molecule has 1 aromatic heterocycles. The first kappa shape index (κ1) is 24.9. The van der Waals surface area contributed by atoms with Crippen molar-refractivity contribution in [2.24, 2.45) is 0 Å². The second kappa shape index (κ2) is 12.5. The zero-order valence-electron chi connectivity index (χ0n) is 19.0. The van der Waals surface area contributed by atoms with Crippen molar-refractivity contribution in [1.29, 1.82) is 0 Å². The average molecular weight is 467 g/mol. The molecule has 0 spiro atoms. The van der Waals surface area contributed by atoms with Crippen LogP contribution in [-0.4, -0.2) is 26.5 Å². The lowest BCUT2D eigenvalue weighted by Crippen LogP contribution is -2.29. The average Bonchev–Trinajstić information content (AvgIpc) is 2.81. The van der Waals surface area contributed by atoms with Gasteiger partial charge in [0.25, 0.3) is 5.56 Å². The standard InChI is InChI=1S/C27H31ClN2O3/c1-2-3-5-10-26-29-25(21-11-13-22(28)14-12-21)18-27(33)30(26)19-24(32)16-15-23(31)17-20-8-6-4-7-9-20/h4,6-9,11-14,18,23,31H,2-3,5,10,15-17,19H2,1H3. The lowest BCUT2D eigenvalue weighted by molar-refractivity contribution is -0.120. The highest BCUT2D eigenvalue weighted by Crippen LogP contribution is 2.19. The Morgan fingerprint density at radius 2 is 1.82 bits per heavy atom. The van der Waals surface area contributed by atoms with Crippen LogP contribution in [0.3, 0.4) is 0 Å². The van der Waals surface area contributed by atoms with Gasteiger partial charge in [0.15, 0.2) is 5.78 Å².